The standard InChI is InChI=1S/C24H29Cl2N9O4/c1-32-14-28-7-17(32)9-33-4-5-34(23(27)37)10-21(33)22(36)30-8-18-11-38-24(39-18,12-35-15-29-13-31-35)19-3-2-16(25)6-20(19)26/h2-3,6-7,13-15,18,21H,4-5,8-12H2,1H3,(H2,27,37)(H,30,36)/t18?,21-,24?/m1/s1. The van der Waals surface area contributed by atoms with Crippen LogP contribution in [0.1, 0.15) is 11.3 Å². The van der Waals surface area contributed by atoms with E-state index in [4.69, 9.17) is 38.4 Å². The van der Waals surface area contributed by atoms with Crippen molar-refractivity contribution in [2.45, 2.75) is 31.0 Å². The minimum absolute atomic E-state index is 0.176. The summed E-state index contributed by atoms with van der Waals surface area (Å²) < 4.78 is 16.1. The van der Waals surface area contributed by atoms with E-state index in [2.05, 4.69) is 20.4 Å². The van der Waals surface area contributed by atoms with E-state index in [1.165, 1.54) is 11.2 Å². The van der Waals surface area contributed by atoms with Gasteiger partial charge in [0.25, 0.3) is 0 Å². The van der Waals surface area contributed by atoms with Gasteiger partial charge in [-0.1, -0.05) is 29.3 Å². The van der Waals surface area contributed by atoms with Crippen LogP contribution in [0.3, 0.4) is 0 Å². The lowest BCUT2D eigenvalue weighted by Gasteiger charge is -2.39. The average molecular weight is 578 g/mol. The maximum absolute atomic E-state index is 13.4. The molecule has 13 nitrogen and oxygen atoms in total. The Morgan fingerprint density at radius 2 is 2.08 bits per heavy atom. The highest BCUT2D eigenvalue weighted by Crippen LogP contribution is 2.40. The molecule has 2 saturated heterocycles. The molecule has 2 aromatic heterocycles. The molecule has 2 aliphatic rings. The molecule has 2 aliphatic heterocycles. The molecule has 15 heteroatoms. The third-order valence-electron chi connectivity index (χ3n) is 6.93. The van der Waals surface area contributed by atoms with Crippen LogP contribution in [0.4, 0.5) is 4.79 Å². The van der Waals surface area contributed by atoms with Crippen LogP contribution in [0.5, 0.6) is 0 Å². The average Bonchev–Trinajstić information content (AvgIpc) is 3.66. The summed E-state index contributed by atoms with van der Waals surface area (Å²) in [6.45, 7) is 2.17. The minimum Gasteiger partial charge on any atom is -0.352 e. The summed E-state index contributed by atoms with van der Waals surface area (Å²) in [5, 5.41) is 8.01. The van der Waals surface area contributed by atoms with Crippen LogP contribution in [0, 0.1) is 0 Å². The maximum atomic E-state index is 13.4. The monoisotopic (exact) mass is 577 g/mol. The van der Waals surface area contributed by atoms with E-state index in [1.54, 1.807) is 41.7 Å². The van der Waals surface area contributed by atoms with E-state index in [-0.39, 0.29) is 32.1 Å². The van der Waals surface area contributed by atoms with Gasteiger partial charge >= 0.3 is 6.03 Å². The second-order valence-electron chi connectivity index (χ2n) is 9.53. The normalized spacial score (nSPS) is 23.7. The first-order valence-electron chi connectivity index (χ1n) is 12.3. The molecule has 1 aromatic carbocycles. The molecule has 3 atom stereocenters. The number of aromatic nitrogens is 5. The number of carbonyl (C=O) groups is 2. The Balaban J connectivity index is 1.28. The summed E-state index contributed by atoms with van der Waals surface area (Å²) in [4.78, 5) is 36.9. The lowest BCUT2D eigenvalue weighted by atomic mass is 10.1. The molecule has 3 aromatic rings. The second-order valence-corrected chi connectivity index (χ2v) is 10.4. The molecule has 2 fully saturated rings. The topological polar surface area (TPSA) is 146 Å². The lowest BCUT2D eigenvalue weighted by Crippen LogP contribution is -2.61. The molecule has 0 radical (unpaired) electrons. The fraction of sp³-hybridized carbons (Fsp3) is 0.458. The summed E-state index contributed by atoms with van der Waals surface area (Å²) in [5.41, 5.74) is 7.06. The Morgan fingerprint density at radius 1 is 1.23 bits per heavy atom. The van der Waals surface area contributed by atoms with E-state index in [1.807, 2.05) is 16.5 Å². The molecule has 3 N–H and O–H groups in total. The predicted octanol–water partition coefficient (Wildman–Crippen LogP) is 0.968. The zero-order chi connectivity index (χ0) is 27.6. The molecule has 0 spiro atoms. The summed E-state index contributed by atoms with van der Waals surface area (Å²) in [5.74, 6) is -1.51. The first-order chi connectivity index (χ1) is 18.7. The lowest BCUT2D eigenvalue weighted by molar-refractivity contribution is -0.188. The molecule has 39 heavy (non-hydrogen) atoms. The smallest absolute Gasteiger partial charge is 0.314 e. The number of aryl methyl sites for hydroxylation is 1. The molecular weight excluding hydrogens is 549 g/mol. The number of benzene rings is 1. The van der Waals surface area contributed by atoms with Crippen LogP contribution in [0.2, 0.25) is 10.0 Å². The van der Waals surface area contributed by atoms with Gasteiger partial charge < -0.3 is 30.0 Å². The van der Waals surface area contributed by atoms with E-state index >= 15 is 0 Å². The van der Waals surface area contributed by atoms with Gasteiger partial charge in [-0.15, -0.1) is 0 Å². The van der Waals surface area contributed by atoms with E-state index in [0.717, 1.165) is 5.69 Å². The van der Waals surface area contributed by atoms with Crippen molar-refractivity contribution < 1.29 is 19.1 Å². The fourth-order valence-electron chi connectivity index (χ4n) is 4.84. The predicted molar refractivity (Wildman–Crippen MR) is 141 cm³/mol. The number of nitrogens with two attached hydrogens (primary N) is 1. The van der Waals surface area contributed by atoms with Crippen LogP contribution in [-0.4, -0.2) is 91.0 Å². The van der Waals surface area contributed by atoms with Crippen molar-refractivity contribution in [2.24, 2.45) is 12.8 Å². The van der Waals surface area contributed by atoms with Crippen LogP contribution in [0.25, 0.3) is 0 Å². The van der Waals surface area contributed by atoms with Crippen LogP contribution >= 0.6 is 23.2 Å². The van der Waals surface area contributed by atoms with Gasteiger partial charge in [-0.3, -0.25) is 9.69 Å². The first-order valence-corrected chi connectivity index (χ1v) is 13.1. The highest BCUT2D eigenvalue weighted by Gasteiger charge is 2.46. The van der Waals surface area contributed by atoms with Crippen molar-refractivity contribution in [3.05, 3.63) is 64.7 Å². The zero-order valence-corrected chi connectivity index (χ0v) is 22.8. The van der Waals surface area contributed by atoms with Crippen LogP contribution < -0.4 is 11.1 Å². The van der Waals surface area contributed by atoms with Crippen molar-refractivity contribution in [1.82, 2.24) is 39.4 Å². The molecule has 0 saturated carbocycles. The van der Waals surface area contributed by atoms with Gasteiger partial charge in [-0.05, 0) is 12.1 Å². The number of urea groups is 1. The molecule has 4 heterocycles. The Kier molecular flexibility index (Phi) is 8.05. The Bertz CT molecular complexity index is 1320. The number of nitrogens with zero attached hydrogens (tertiary/aromatic N) is 7. The number of nitrogens with one attached hydrogen (secondary N) is 1. The summed E-state index contributed by atoms with van der Waals surface area (Å²) in [6.07, 6.45) is 5.96. The fourth-order valence-corrected chi connectivity index (χ4v) is 5.39. The van der Waals surface area contributed by atoms with Gasteiger partial charge in [0.1, 0.15) is 31.3 Å². The molecule has 2 unspecified atom stereocenters. The number of imidazole rings is 1. The molecule has 208 valence electrons. The number of hydrogen-bond acceptors (Lipinski definition) is 8. The molecule has 0 bridgehead atoms. The summed E-state index contributed by atoms with van der Waals surface area (Å²) in [7, 11) is 1.90. The van der Waals surface area contributed by atoms with Crippen LogP contribution in [0.15, 0.2) is 43.4 Å². The summed E-state index contributed by atoms with van der Waals surface area (Å²) in [6, 6.07) is 3.91. The summed E-state index contributed by atoms with van der Waals surface area (Å²) >= 11 is 12.6. The van der Waals surface area contributed by atoms with Crippen molar-refractivity contribution in [2.75, 3.05) is 32.8 Å². The van der Waals surface area contributed by atoms with Crippen molar-refractivity contribution in [1.29, 1.82) is 0 Å². The molecule has 5 rings (SSSR count). The van der Waals surface area contributed by atoms with E-state index < -0.39 is 24.0 Å². The van der Waals surface area contributed by atoms with Gasteiger partial charge in [0.15, 0.2) is 0 Å². The van der Waals surface area contributed by atoms with Crippen molar-refractivity contribution in [3.8, 4) is 0 Å². The third kappa shape index (κ3) is 6.02. The van der Waals surface area contributed by atoms with E-state index in [9.17, 15) is 9.59 Å². The number of carbonyl (C=O) groups excluding carboxylic acids is 2. The van der Waals surface area contributed by atoms with Gasteiger partial charge in [0, 0.05) is 56.6 Å². The number of rotatable bonds is 8. The Morgan fingerprint density at radius 3 is 2.77 bits per heavy atom. The highest BCUT2D eigenvalue weighted by atomic mass is 35.5. The van der Waals surface area contributed by atoms with E-state index in [0.29, 0.717) is 35.2 Å². The zero-order valence-electron chi connectivity index (χ0n) is 21.2. The number of hydrogen-bond donors (Lipinski definition) is 2. The van der Waals surface area contributed by atoms with Crippen LogP contribution in [-0.2, 0) is 40.2 Å². The van der Waals surface area contributed by atoms with Gasteiger partial charge in [0.05, 0.1) is 23.7 Å². The number of primary amides is 1. The number of amides is 3. The van der Waals surface area contributed by atoms with Gasteiger partial charge in [-0.2, -0.15) is 5.10 Å². The SMILES string of the molecule is Cn1cncc1CN1CCN(C(N)=O)C[C@@H]1C(=O)NCC1COC(Cn2cncn2)(c2ccc(Cl)cc2Cl)O1. The van der Waals surface area contributed by atoms with Crippen molar-refractivity contribution in [3.63, 3.8) is 0 Å². The van der Waals surface area contributed by atoms with Gasteiger partial charge in [0.2, 0.25) is 11.7 Å². The molecule has 3 amide bonds. The minimum atomic E-state index is -1.26. The number of halogens is 2. The molecular formula is C24H29Cl2N9O4. The first kappa shape index (κ1) is 27.3. The number of piperazine rings is 1. The van der Waals surface area contributed by atoms with Crippen molar-refractivity contribution >= 4 is 35.1 Å². The third-order valence-corrected chi connectivity index (χ3v) is 7.48. The number of ether oxygens (including phenoxy) is 2. The maximum Gasteiger partial charge on any atom is 0.314 e. The second kappa shape index (κ2) is 11.5. The Hall–Kier alpha value is -3.23. The highest BCUT2D eigenvalue weighted by molar-refractivity contribution is 6.35. The Labute approximate surface area is 234 Å². The molecule has 0 aliphatic carbocycles. The van der Waals surface area contributed by atoms with Gasteiger partial charge in [-0.25, -0.2) is 19.4 Å². The quantitative estimate of drug-likeness (QED) is 0.402. The largest absolute Gasteiger partial charge is 0.352 e.